The zero-order valence-corrected chi connectivity index (χ0v) is 18.1. The zero-order valence-electron chi connectivity index (χ0n) is 18.1. The van der Waals surface area contributed by atoms with E-state index in [1.165, 1.54) is 0 Å². The average molecular weight is 389 g/mol. The van der Waals surface area contributed by atoms with Crippen molar-refractivity contribution >= 4 is 5.97 Å². The van der Waals surface area contributed by atoms with Crippen LogP contribution in [0.2, 0.25) is 0 Å². The van der Waals surface area contributed by atoms with Gasteiger partial charge in [0.05, 0.1) is 17.7 Å². The number of rotatable bonds is 4. The number of benzene rings is 1. The molecular weight excluding hydrogens is 356 g/mol. The van der Waals surface area contributed by atoms with Gasteiger partial charge < -0.3 is 14.6 Å². The van der Waals surface area contributed by atoms with Crippen molar-refractivity contribution in [3.63, 3.8) is 0 Å². The number of aliphatic hydroxyl groups excluding tert-OH is 1. The molecule has 1 aliphatic rings. The van der Waals surface area contributed by atoms with Gasteiger partial charge >= 0.3 is 5.97 Å². The molecule has 0 saturated heterocycles. The molecule has 6 nitrogen and oxygen atoms in total. The molecular formula is C22H32N2O4. The van der Waals surface area contributed by atoms with Crippen LogP contribution in [0.3, 0.4) is 0 Å². The van der Waals surface area contributed by atoms with E-state index in [9.17, 15) is 15.2 Å². The van der Waals surface area contributed by atoms with Crippen LogP contribution >= 0.6 is 0 Å². The van der Waals surface area contributed by atoms with E-state index in [4.69, 9.17) is 9.47 Å². The molecule has 28 heavy (non-hydrogen) atoms. The molecule has 2 rings (SSSR count). The van der Waals surface area contributed by atoms with Gasteiger partial charge in [0.2, 0.25) is 0 Å². The Kier molecular flexibility index (Phi) is 6.13. The smallest absolute Gasteiger partial charge is 0.324 e. The van der Waals surface area contributed by atoms with E-state index in [-0.39, 0.29) is 11.9 Å². The molecule has 0 unspecified atom stereocenters. The number of fused-ring (bicyclic) bond motifs is 1. The van der Waals surface area contributed by atoms with Crippen LogP contribution in [0.4, 0.5) is 0 Å². The van der Waals surface area contributed by atoms with Crippen LogP contribution in [-0.4, -0.2) is 46.4 Å². The lowest BCUT2D eigenvalue weighted by atomic mass is 9.83. The highest BCUT2D eigenvalue weighted by Crippen LogP contribution is 2.44. The first-order valence-corrected chi connectivity index (χ1v) is 9.64. The summed E-state index contributed by atoms with van der Waals surface area (Å²) in [6, 6.07) is 6.21. The van der Waals surface area contributed by atoms with Crippen LogP contribution in [0.25, 0.3) is 0 Å². The number of likely N-dealkylation sites (N-methyl/N-ethyl adjacent to an activating group) is 1. The number of carbonyl (C=O) groups excluding carboxylic acids is 1. The van der Waals surface area contributed by atoms with Gasteiger partial charge in [0, 0.05) is 5.56 Å². The lowest BCUT2D eigenvalue weighted by Gasteiger charge is -2.47. The SMILES string of the molecule is CC(C)[C@@H](C(=O)OC(C)(C)C)N(C)[C@H]1c2cc(C#N)ccc2OC(C)(C)[C@@H]1O. The molecule has 1 N–H and O–H groups in total. The molecule has 1 heterocycles. The minimum Gasteiger partial charge on any atom is -0.485 e. The van der Waals surface area contributed by atoms with Gasteiger partial charge in [-0.25, -0.2) is 0 Å². The number of ether oxygens (including phenoxy) is 2. The van der Waals surface area contributed by atoms with E-state index in [1.54, 1.807) is 18.2 Å². The highest BCUT2D eigenvalue weighted by atomic mass is 16.6. The van der Waals surface area contributed by atoms with Crippen LogP contribution in [0.1, 0.15) is 65.6 Å². The second-order valence-corrected chi connectivity index (χ2v) is 9.35. The predicted octanol–water partition coefficient (Wildman–Crippen LogP) is 3.43. The molecule has 0 aromatic heterocycles. The van der Waals surface area contributed by atoms with Crippen LogP contribution in [0, 0.1) is 17.2 Å². The topological polar surface area (TPSA) is 82.8 Å². The Morgan fingerprint density at radius 1 is 1.36 bits per heavy atom. The van der Waals surface area contributed by atoms with Crippen LogP contribution in [0.5, 0.6) is 5.75 Å². The van der Waals surface area contributed by atoms with Gasteiger partial charge in [0.1, 0.15) is 29.1 Å². The summed E-state index contributed by atoms with van der Waals surface area (Å²) >= 11 is 0. The van der Waals surface area contributed by atoms with Crippen molar-refractivity contribution in [2.24, 2.45) is 5.92 Å². The fraction of sp³-hybridized carbons (Fsp3) is 0.636. The fourth-order valence-corrected chi connectivity index (χ4v) is 3.72. The van der Waals surface area contributed by atoms with E-state index >= 15 is 0 Å². The summed E-state index contributed by atoms with van der Waals surface area (Å²) in [5.74, 6) is 0.234. The minimum absolute atomic E-state index is 0.0411. The number of hydrogen-bond donors (Lipinski definition) is 1. The number of nitriles is 1. The third-order valence-electron chi connectivity index (χ3n) is 5.00. The number of carbonyl (C=O) groups is 1. The van der Waals surface area contributed by atoms with Gasteiger partial charge in [-0.2, -0.15) is 5.26 Å². The first kappa shape index (κ1) is 22.2. The van der Waals surface area contributed by atoms with Gasteiger partial charge in [-0.05, 0) is 65.8 Å². The van der Waals surface area contributed by atoms with Crippen molar-refractivity contribution in [3.05, 3.63) is 29.3 Å². The highest BCUT2D eigenvalue weighted by molar-refractivity contribution is 5.76. The molecule has 0 spiro atoms. The van der Waals surface area contributed by atoms with E-state index in [2.05, 4.69) is 6.07 Å². The molecule has 0 fully saturated rings. The molecule has 0 aliphatic carbocycles. The normalized spacial score (nSPS) is 22.2. The molecule has 0 radical (unpaired) electrons. The van der Waals surface area contributed by atoms with Crippen molar-refractivity contribution in [1.29, 1.82) is 5.26 Å². The van der Waals surface area contributed by atoms with Gasteiger partial charge in [-0.1, -0.05) is 13.8 Å². The number of hydrogen-bond acceptors (Lipinski definition) is 6. The van der Waals surface area contributed by atoms with Crippen LogP contribution in [-0.2, 0) is 9.53 Å². The summed E-state index contributed by atoms with van der Waals surface area (Å²) in [6.45, 7) is 13.0. The Morgan fingerprint density at radius 3 is 2.46 bits per heavy atom. The van der Waals surface area contributed by atoms with Crippen LogP contribution in [0.15, 0.2) is 18.2 Å². The van der Waals surface area contributed by atoms with E-state index in [0.29, 0.717) is 16.9 Å². The molecule has 3 atom stereocenters. The second kappa shape index (κ2) is 7.73. The lowest BCUT2D eigenvalue weighted by Crippen LogP contribution is -2.57. The van der Waals surface area contributed by atoms with E-state index in [0.717, 1.165) is 0 Å². The van der Waals surface area contributed by atoms with Crippen molar-refractivity contribution < 1.29 is 19.4 Å². The number of esters is 1. The molecule has 1 aromatic rings. The molecule has 1 aliphatic heterocycles. The highest BCUT2D eigenvalue weighted by Gasteiger charge is 2.47. The van der Waals surface area contributed by atoms with Gasteiger partial charge in [-0.15, -0.1) is 0 Å². The monoisotopic (exact) mass is 388 g/mol. The minimum atomic E-state index is -0.900. The Balaban J connectivity index is 2.53. The molecule has 0 saturated carbocycles. The Bertz CT molecular complexity index is 774. The maximum atomic E-state index is 13.0. The Labute approximate surface area is 168 Å². The summed E-state index contributed by atoms with van der Waals surface area (Å²) in [7, 11) is 1.81. The summed E-state index contributed by atoms with van der Waals surface area (Å²) in [5.41, 5.74) is -0.284. The molecule has 154 valence electrons. The lowest BCUT2D eigenvalue weighted by molar-refractivity contribution is -0.168. The summed E-state index contributed by atoms with van der Waals surface area (Å²) in [5, 5.41) is 20.4. The summed E-state index contributed by atoms with van der Waals surface area (Å²) in [6.07, 6.45) is -0.900. The van der Waals surface area contributed by atoms with Gasteiger partial charge in [-0.3, -0.25) is 9.69 Å². The fourth-order valence-electron chi connectivity index (χ4n) is 3.72. The van der Waals surface area contributed by atoms with Crippen molar-refractivity contribution in [1.82, 2.24) is 4.90 Å². The van der Waals surface area contributed by atoms with Gasteiger partial charge in [0.15, 0.2) is 0 Å². The van der Waals surface area contributed by atoms with Crippen molar-refractivity contribution in [2.45, 2.75) is 77.9 Å². The maximum absolute atomic E-state index is 13.0. The standard InChI is InChI=1S/C22H32N2O4/c1-13(2)17(20(26)28-21(3,4)5)24(8)18-15-11-14(12-23)9-10-16(15)27-22(6,7)19(18)25/h9-11,13,17-19,25H,1-8H3/t17-,18-,19+/m0/s1. The predicted molar refractivity (Wildman–Crippen MR) is 107 cm³/mol. The van der Waals surface area contributed by atoms with Crippen molar-refractivity contribution in [2.75, 3.05) is 7.05 Å². The van der Waals surface area contributed by atoms with E-state index in [1.807, 2.05) is 60.4 Å². The first-order chi connectivity index (χ1) is 12.8. The molecule has 6 heteroatoms. The van der Waals surface area contributed by atoms with Crippen molar-refractivity contribution in [3.8, 4) is 11.8 Å². The second-order valence-electron chi connectivity index (χ2n) is 9.35. The summed E-state index contributed by atoms with van der Waals surface area (Å²) < 4.78 is 11.6. The third kappa shape index (κ3) is 4.48. The molecule has 0 bridgehead atoms. The largest absolute Gasteiger partial charge is 0.485 e. The molecule has 1 aromatic carbocycles. The van der Waals surface area contributed by atoms with Crippen LogP contribution < -0.4 is 4.74 Å². The quantitative estimate of drug-likeness (QED) is 0.796. The number of nitrogens with zero attached hydrogens (tertiary/aromatic N) is 2. The first-order valence-electron chi connectivity index (χ1n) is 9.64. The Morgan fingerprint density at radius 2 is 1.96 bits per heavy atom. The molecule has 0 amide bonds. The Hall–Kier alpha value is -2.10. The maximum Gasteiger partial charge on any atom is 0.324 e. The van der Waals surface area contributed by atoms with Gasteiger partial charge in [0.25, 0.3) is 0 Å². The summed E-state index contributed by atoms with van der Waals surface area (Å²) in [4.78, 5) is 14.8. The van der Waals surface area contributed by atoms with E-state index < -0.39 is 29.4 Å². The third-order valence-corrected chi connectivity index (χ3v) is 5.00. The average Bonchev–Trinajstić information content (AvgIpc) is 2.53. The zero-order chi connectivity index (χ0) is 21.4. The number of aliphatic hydroxyl groups is 1.